The van der Waals surface area contributed by atoms with Gasteiger partial charge in [-0.15, -0.1) is 5.06 Å². The minimum absolute atomic E-state index is 0.127. The number of sulfonamides is 1. The van der Waals surface area contributed by atoms with Gasteiger partial charge in [-0.05, 0) is 19.1 Å². The molecule has 0 aliphatic carbocycles. The minimum atomic E-state index is -4.55. The van der Waals surface area contributed by atoms with Crippen molar-refractivity contribution in [1.82, 2.24) is 14.7 Å². The Kier molecular flexibility index (Phi) is 6.21. The smallest absolute Gasteiger partial charge is 0.362 e. The number of urea groups is 1. The molecule has 2 rings (SSSR count). The topological polar surface area (TPSA) is 145 Å². The summed E-state index contributed by atoms with van der Waals surface area (Å²) in [6.45, 7) is 1.61. The molecular weight excluding hydrogens is 412 g/mol. The number of hydroxylamine groups is 1. The number of nitrogens with zero attached hydrogens (tertiary/aromatic N) is 3. The fraction of sp³-hybridized carbons (Fsp3) is 0.267. The number of benzene rings is 1. The van der Waals surface area contributed by atoms with Gasteiger partial charge < -0.3 is 4.74 Å². The largest absolute Gasteiger partial charge is 0.481 e. The van der Waals surface area contributed by atoms with Gasteiger partial charge in [-0.2, -0.15) is 4.98 Å². The predicted molar refractivity (Wildman–Crippen MR) is 98.1 cm³/mol. The molecule has 2 aromatic rings. The van der Waals surface area contributed by atoms with Crippen LogP contribution < -0.4 is 14.5 Å². The van der Waals surface area contributed by atoms with Crippen LogP contribution in [0, 0.1) is 6.92 Å². The van der Waals surface area contributed by atoms with Gasteiger partial charge in [0.05, 0.1) is 19.1 Å². The molecule has 1 aromatic heterocycles. The molecule has 1 heterocycles. The van der Waals surface area contributed by atoms with Crippen LogP contribution in [-0.4, -0.2) is 53.3 Å². The van der Waals surface area contributed by atoms with E-state index in [4.69, 9.17) is 9.57 Å². The second-order valence-corrected chi connectivity index (χ2v) is 9.09. The number of nitrogens with one attached hydrogen (secondary N) is 1. The van der Waals surface area contributed by atoms with E-state index < -0.39 is 35.7 Å². The van der Waals surface area contributed by atoms with Crippen LogP contribution in [0.1, 0.15) is 5.69 Å². The number of sulfone groups is 1. The summed E-state index contributed by atoms with van der Waals surface area (Å²) in [6, 6.07) is 5.13. The molecule has 1 aromatic carbocycles. The molecule has 0 atom stereocenters. The zero-order valence-corrected chi connectivity index (χ0v) is 17.0. The van der Waals surface area contributed by atoms with Crippen LogP contribution in [0.25, 0.3) is 0 Å². The molecule has 0 saturated heterocycles. The first-order valence-corrected chi connectivity index (χ1v) is 11.0. The number of hydrogen-bond donors (Lipinski definition) is 1. The summed E-state index contributed by atoms with van der Waals surface area (Å²) >= 11 is 0. The fourth-order valence-corrected chi connectivity index (χ4v) is 4.72. The fourth-order valence-electron chi connectivity index (χ4n) is 2.17. The van der Waals surface area contributed by atoms with E-state index in [1.165, 1.54) is 25.3 Å². The Labute approximate surface area is 162 Å². The number of carbonyl (C=O) groups excluding carboxylic acids is 1. The van der Waals surface area contributed by atoms with Crippen molar-refractivity contribution in [2.24, 2.45) is 0 Å². The van der Waals surface area contributed by atoms with E-state index in [1.807, 2.05) is 0 Å². The number of methoxy groups -OCH3 is 1. The predicted octanol–water partition coefficient (Wildman–Crippen LogP) is 0.663. The van der Waals surface area contributed by atoms with Crippen molar-refractivity contribution in [3.63, 3.8) is 0 Å². The number of aryl methyl sites for hydroxylation is 1. The van der Waals surface area contributed by atoms with Gasteiger partial charge in [0.15, 0.2) is 9.84 Å². The zero-order valence-electron chi connectivity index (χ0n) is 15.4. The molecular formula is C15H18N4O7S2. The second kappa shape index (κ2) is 8.08. The molecule has 0 radical (unpaired) electrons. The van der Waals surface area contributed by atoms with Crippen LogP contribution in [0.15, 0.2) is 40.1 Å². The van der Waals surface area contributed by atoms with Crippen molar-refractivity contribution >= 4 is 31.8 Å². The summed E-state index contributed by atoms with van der Waals surface area (Å²) in [7, 11) is -5.95. The summed E-state index contributed by atoms with van der Waals surface area (Å²) in [5.41, 5.74) is 0.432. The number of aromatic nitrogens is 2. The molecule has 1 N–H and O–H groups in total. The van der Waals surface area contributed by atoms with Gasteiger partial charge in [0.1, 0.15) is 4.90 Å². The van der Waals surface area contributed by atoms with Crippen LogP contribution in [0.3, 0.4) is 0 Å². The van der Waals surface area contributed by atoms with E-state index in [9.17, 15) is 21.6 Å². The zero-order chi connectivity index (χ0) is 21.1. The highest BCUT2D eigenvalue weighted by molar-refractivity contribution is 7.93. The number of anilines is 1. The maximum Gasteiger partial charge on any atom is 0.362 e. The minimum Gasteiger partial charge on any atom is -0.481 e. The molecule has 11 nitrogen and oxygen atoms in total. The SMILES string of the molecule is COc1cc(C)nc(N(OC)C(=O)NS(=O)(=O)c2ccccc2S(C)(=O)=O)n1. The van der Waals surface area contributed by atoms with Crippen molar-refractivity contribution in [2.45, 2.75) is 16.7 Å². The van der Waals surface area contributed by atoms with E-state index in [0.29, 0.717) is 10.8 Å². The van der Waals surface area contributed by atoms with Crippen LogP contribution in [0.5, 0.6) is 5.88 Å². The van der Waals surface area contributed by atoms with E-state index in [0.717, 1.165) is 25.5 Å². The molecule has 0 fully saturated rings. The van der Waals surface area contributed by atoms with Gasteiger partial charge in [-0.1, -0.05) is 12.1 Å². The summed E-state index contributed by atoms with van der Waals surface area (Å²) in [4.78, 5) is 24.2. The number of hydrogen-bond acceptors (Lipinski definition) is 9. The number of rotatable bonds is 6. The van der Waals surface area contributed by atoms with Gasteiger partial charge in [0.25, 0.3) is 16.0 Å². The van der Waals surface area contributed by atoms with Gasteiger partial charge in [-0.25, -0.2) is 31.3 Å². The third-order valence-electron chi connectivity index (χ3n) is 3.34. The van der Waals surface area contributed by atoms with Crippen LogP contribution in [0.4, 0.5) is 10.7 Å². The van der Waals surface area contributed by atoms with Gasteiger partial charge in [0.2, 0.25) is 5.88 Å². The molecule has 0 saturated carbocycles. The Morgan fingerprint density at radius 3 is 2.21 bits per heavy atom. The third-order valence-corrected chi connectivity index (χ3v) is 6.00. The van der Waals surface area contributed by atoms with Gasteiger partial charge >= 0.3 is 6.03 Å². The lowest BCUT2D eigenvalue weighted by atomic mass is 10.4. The third kappa shape index (κ3) is 4.74. The molecule has 2 amide bonds. The number of amides is 2. The number of carbonyl (C=O) groups is 1. The summed E-state index contributed by atoms with van der Waals surface area (Å²) < 4.78 is 55.7. The van der Waals surface area contributed by atoms with Crippen LogP contribution in [-0.2, 0) is 24.7 Å². The first-order chi connectivity index (χ1) is 13.0. The summed E-state index contributed by atoms with van der Waals surface area (Å²) in [5, 5.41) is 0.496. The van der Waals surface area contributed by atoms with Crippen molar-refractivity contribution in [2.75, 3.05) is 25.5 Å². The number of ether oxygens (including phenoxy) is 1. The van der Waals surface area contributed by atoms with Crippen molar-refractivity contribution < 1.29 is 31.2 Å². The van der Waals surface area contributed by atoms with E-state index >= 15 is 0 Å². The monoisotopic (exact) mass is 430 g/mol. The lowest BCUT2D eigenvalue weighted by molar-refractivity contribution is 0.162. The Morgan fingerprint density at radius 2 is 1.68 bits per heavy atom. The molecule has 0 aliphatic rings. The average molecular weight is 430 g/mol. The molecule has 0 unspecified atom stereocenters. The van der Waals surface area contributed by atoms with E-state index in [1.54, 1.807) is 11.6 Å². The maximum atomic E-state index is 12.6. The lowest BCUT2D eigenvalue weighted by Gasteiger charge is -2.19. The highest BCUT2D eigenvalue weighted by Crippen LogP contribution is 2.21. The van der Waals surface area contributed by atoms with Gasteiger partial charge in [0, 0.05) is 18.0 Å². The Morgan fingerprint density at radius 1 is 1.07 bits per heavy atom. The quantitative estimate of drug-likeness (QED) is 0.653. The standard InChI is InChI=1S/C15H18N4O7S2/c1-10-9-13(25-2)17-14(16-10)19(26-3)15(20)18-28(23,24)12-8-6-5-7-11(12)27(4,21)22/h5-9H,1-4H3,(H,18,20). The molecule has 0 spiro atoms. The first kappa shape index (κ1) is 21.5. The van der Waals surface area contributed by atoms with Crippen molar-refractivity contribution in [3.05, 3.63) is 36.0 Å². The molecule has 13 heteroatoms. The van der Waals surface area contributed by atoms with Crippen molar-refractivity contribution in [3.8, 4) is 5.88 Å². The Hall–Kier alpha value is -2.77. The molecule has 0 bridgehead atoms. The van der Waals surface area contributed by atoms with E-state index in [2.05, 4.69) is 9.97 Å². The summed E-state index contributed by atoms with van der Waals surface area (Å²) in [6.07, 6.45) is 0.859. The summed E-state index contributed by atoms with van der Waals surface area (Å²) in [5.74, 6) is -0.147. The Balaban J connectivity index is 2.42. The average Bonchev–Trinajstić information content (AvgIpc) is 2.60. The lowest BCUT2D eigenvalue weighted by Crippen LogP contribution is -2.43. The highest BCUT2D eigenvalue weighted by Gasteiger charge is 2.29. The maximum absolute atomic E-state index is 12.6. The highest BCUT2D eigenvalue weighted by atomic mass is 32.2. The molecule has 0 aliphatic heterocycles. The molecule has 28 heavy (non-hydrogen) atoms. The van der Waals surface area contributed by atoms with Gasteiger partial charge in [-0.3, -0.25) is 4.84 Å². The van der Waals surface area contributed by atoms with Crippen molar-refractivity contribution in [1.29, 1.82) is 0 Å². The molecule has 152 valence electrons. The van der Waals surface area contributed by atoms with Crippen LogP contribution >= 0.6 is 0 Å². The normalized spacial score (nSPS) is 11.7. The second-order valence-electron chi connectivity index (χ2n) is 5.46. The van der Waals surface area contributed by atoms with Crippen LogP contribution in [0.2, 0.25) is 0 Å². The van der Waals surface area contributed by atoms with E-state index in [-0.39, 0.29) is 11.8 Å². The first-order valence-electron chi connectivity index (χ1n) is 7.59. The Bertz CT molecular complexity index is 1100.